The zero-order valence-corrected chi connectivity index (χ0v) is 13.1. The molecule has 0 saturated carbocycles. The monoisotopic (exact) mass is 300 g/mol. The number of aromatic nitrogens is 1. The summed E-state index contributed by atoms with van der Waals surface area (Å²) in [6.07, 6.45) is 2.10. The number of rotatable bonds is 4. The fourth-order valence-electron chi connectivity index (χ4n) is 2.17. The number of fused-ring (bicyclic) bond motifs is 1. The van der Waals surface area contributed by atoms with Crippen molar-refractivity contribution in [1.82, 2.24) is 4.98 Å². The highest BCUT2D eigenvalue weighted by atomic mass is 32.2. The third-order valence-corrected chi connectivity index (χ3v) is 4.87. The van der Waals surface area contributed by atoms with Crippen LogP contribution in [-0.4, -0.2) is 11.2 Å². The molecule has 102 valence electrons. The molecule has 0 aliphatic heterocycles. The SMILES string of the molecule is CSc1ccc(C(C)Nc2ccc3ncsc3c2)cc1. The molecule has 4 heteroatoms. The van der Waals surface area contributed by atoms with Gasteiger partial charge >= 0.3 is 0 Å². The molecule has 3 aromatic rings. The van der Waals surface area contributed by atoms with Gasteiger partial charge in [-0.3, -0.25) is 0 Å². The van der Waals surface area contributed by atoms with E-state index in [-0.39, 0.29) is 6.04 Å². The maximum absolute atomic E-state index is 4.30. The van der Waals surface area contributed by atoms with Gasteiger partial charge in [-0.05, 0) is 49.1 Å². The number of hydrogen-bond donors (Lipinski definition) is 1. The molecule has 1 heterocycles. The topological polar surface area (TPSA) is 24.9 Å². The zero-order valence-electron chi connectivity index (χ0n) is 11.5. The van der Waals surface area contributed by atoms with Gasteiger partial charge in [0, 0.05) is 16.6 Å². The van der Waals surface area contributed by atoms with Crippen LogP contribution in [0.25, 0.3) is 10.2 Å². The predicted octanol–water partition coefficient (Wildman–Crippen LogP) is 5.19. The van der Waals surface area contributed by atoms with E-state index in [1.165, 1.54) is 15.2 Å². The number of benzene rings is 2. The van der Waals surface area contributed by atoms with Crippen molar-refractivity contribution in [3.8, 4) is 0 Å². The molecule has 20 heavy (non-hydrogen) atoms. The van der Waals surface area contributed by atoms with E-state index >= 15 is 0 Å². The first-order chi connectivity index (χ1) is 9.76. The minimum atomic E-state index is 0.288. The Bertz CT molecular complexity index is 704. The summed E-state index contributed by atoms with van der Waals surface area (Å²) in [6.45, 7) is 2.19. The molecule has 0 amide bonds. The van der Waals surface area contributed by atoms with Crippen LogP contribution in [0, 0.1) is 0 Å². The molecule has 1 N–H and O–H groups in total. The summed E-state index contributed by atoms with van der Waals surface area (Å²) >= 11 is 3.45. The second kappa shape index (κ2) is 5.85. The normalized spacial score (nSPS) is 12.5. The molecule has 2 aromatic carbocycles. The first kappa shape index (κ1) is 13.5. The molecule has 0 bridgehead atoms. The quantitative estimate of drug-likeness (QED) is 0.671. The molecule has 0 aliphatic carbocycles. The maximum Gasteiger partial charge on any atom is 0.0813 e. The van der Waals surface area contributed by atoms with Gasteiger partial charge in [-0.1, -0.05) is 12.1 Å². The molecule has 1 aromatic heterocycles. The summed E-state index contributed by atoms with van der Waals surface area (Å²) in [5.41, 5.74) is 5.40. The molecule has 1 unspecified atom stereocenters. The lowest BCUT2D eigenvalue weighted by Gasteiger charge is -2.16. The highest BCUT2D eigenvalue weighted by Gasteiger charge is 2.06. The summed E-state index contributed by atoms with van der Waals surface area (Å²) in [7, 11) is 0. The van der Waals surface area contributed by atoms with E-state index in [1.54, 1.807) is 23.1 Å². The maximum atomic E-state index is 4.30. The Balaban J connectivity index is 1.78. The second-order valence-corrected chi connectivity index (χ2v) is 6.44. The van der Waals surface area contributed by atoms with Gasteiger partial charge in [0.05, 0.1) is 15.7 Å². The molecule has 0 spiro atoms. The molecule has 0 aliphatic rings. The molecule has 2 nitrogen and oxygen atoms in total. The van der Waals surface area contributed by atoms with Crippen LogP contribution in [0.3, 0.4) is 0 Å². The smallest absolute Gasteiger partial charge is 0.0813 e. The summed E-state index contributed by atoms with van der Waals surface area (Å²) in [6, 6.07) is 15.3. The lowest BCUT2D eigenvalue weighted by atomic mass is 10.1. The average Bonchev–Trinajstić information content (AvgIpc) is 2.95. The van der Waals surface area contributed by atoms with Gasteiger partial charge in [-0.2, -0.15) is 0 Å². The second-order valence-electron chi connectivity index (χ2n) is 4.67. The first-order valence-corrected chi connectivity index (χ1v) is 8.60. The van der Waals surface area contributed by atoms with Crippen molar-refractivity contribution in [2.24, 2.45) is 0 Å². The third kappa shape index (κ3) is 2.81. The van der Waals surface area contributed by atoms with E-state index in [1.807, 2.05) is 5.51 Å². The predicted molar refractivity (Wildman–Crippen MR) is 89.9 cm³/mol. The molecular weight excluding hydrogens is 284 g/mol. The average molecular weight is 300 g/mol. The molecule has 0 radical (unpaired) electrons. The van der Waals surface area contributed by atoms with E-state index in [2.05, 4.69) is 65.9 Å². The number of nitrogens with one attached hydrogen (secondary N) is 1. The molecular formula is C16H16N2S2. The van der Waals surface area contributed by atoms with E-state index in [0.29, 0.717) is 0 Å². The van der Waals surface area contributed by atoms with Crippen LogP contribution in [0.2, 0.25) is 0 Å². The Kier molecular flexibility index (Phi) is 3.94. The fourth-order valence-corrected chi connectivity index (χ4v) is 3.30. The Morgan fingerprint density at radius 3 is 2.70 bits per heavy atom. The Morgan fingerprint density at radius 1 is 1.15 bits per heavy atom. The lowest BCUT2D eigenvalue weighted by molar-refractivity contribution is 0.883. The summed E-state index contributed by atoms with van der Waals surface area (Å²) < 4.78 is 1.22. The van der Waals surface area contributed by atoms with Gasteiger partial charge in [0.2, 0.25) is 0 Å². The highest BCUT2D eigenvalue weighted by Crippen LogP contribution is 2.26. The largest absolute Gasteiger partial charge is 0.378 e. The van der Waals surface area contributed by atoms with E-state index in [9.17, 15) is 0 Å². The van der Waals surface area contributed by atoms with Gasteiger partial charge in [-0.25, -0.2) is 4.98 Å². The van der Waals surface area contributed by atoms with Gasteiger partial charge in [-0.15, -0.1) is 23.1 Å². The van der Waals surface area contributed by atoms with Crippen molar-refractivity contribution in [1.29, 1.82) is 0 Å². The van der Waals surface area contributed by atoms with Crippen LogP contribution >= 0.6 is 23.1 Å². The highest BCUT2D eigenvalue weighted by molar-refractivity contribution is 7.98. The molecule has 3 rings (SSSR count). The van der Waals surface area contributed by atoms with Gasteiger partial charge in [0.15, 0.2) is 0 Å². The van der Waals surface area contributed by atoms with Crippen LogP contribution in [0.5, 0.6) is 0 Å². The van der Waals surface area contributed by atoms with Crippen LogP contribution in [0.1, 0.15) is 18.5 Å². The number of anilines is 1. The van der Waals surface area contributed by atoms with Gasteiger partial charge in [0.25, 0.3) is 0 Å². The first-order valence-electron chi connectivity index (χ1n) is 6.50. The number of hydrogen-bond acceptors (Lipinski definition) is 4. The number of thiazole rings is 1. The van der Waals surface area contributed by atoms with Crippen molar-refractivity contribution in [2.45, 2.75) is 17.9 Å². The van der Waals surface area contributed by atoms with Crippen LogP contribution in [0.4, 0.5) is 5.69 Å². The Morgan fingerprint density at radius 2 is 1.95 bits per heavy atom. The van der Waals surface area contributed by atoms with Crippen molar-refractivity contribution < 1.29 is 0 Å². The Labute approximate surface area is 127 Å². The number of thioether (sulfide) groups is 1. The van der Waals surface area contributed by atoms with Crippen LogP contribution in [0.15, 0.2) is 52.9 Å². The van der Waals surface area contributed by atoms with E-state index in [0.717, 1.165) is 11.2 Å². The summed E-state index contributed by atoms with van der Waals surface area (Å²) in [4.78, 5) is 5.60. The molecule has 0 fully saturated rings. The minimum absolute atomic E-state index is 0.288. The van der Waals surface area contributed by atoms with Gasteiger partial charge < -0.3 is 5.32 Å². The van der Waals surface area contributed by atoms with E-state index < -0.39 is 0 Å². The standard InChI is InChI=1S/C16H16N2S2/c1-11(12-3-6-14(19-2)7-4-12)18-13-5-8-15-16(9-13)20-10-17-15/h3-11,18H,1-2H3. The zero-order chi connectivity index (χ0) is 13.9. The lowest BCUT2D eigenvalue weighted by Crippen LogP contribution is -2.06. The summed E-state index contributed by atoms with van der Waals surface area (Å²) in [5.74, 6) is 0. The van der Waals surface area contributed by atoms with Crippen molar-refractivity contribution in [3.63, 3.8) is 0 Å². The van der Waals surface area contributed by atoms with Crippen molar-refractivity contribution in [3.05, 3.63) is 53.5 Å². The van der Waals surface area contributed by atoms with Crippen molar-refractivity contribution in [2.75, 3.05) is 11.6 Å². The third-order valence-electron chi connectivity index (χ3n) is 3.33. The van der Waals surface area contributed by atoms with Crippen LogP contribution in [-0.2, 0) is 0 Å². The van der Waals surface area contributed by atoms with E-state index in [4.69, 9.17) is 0 Å². The van der Waals surface area contributed by atoms with Gasteiger partial charge in [0.1, 0.15) is 0 Å². The summed E-state index contributed by atoms with van der Waals surface area (Å²) in [5, 5.41) is 3.55. The van der Waals surface area contributed by atoms with Crippen LogP contribution < -0.4 is 5.32 Å². The number of nitrogens with zero attached hydrogens (tertiary/aromatic N) is 1. The molecule has 1 atom stereocenters. The van der Waals surface area contributed by atoms with Crippen molar-refractivity contribution >= 4 is 39.0 Å². The minimum Gasteiger partial charge on any atom is -0.378 e. The fraction of sp³-hybridized carbons (Fsp3) is 0.188. The Hall–Kier alpha value is -1.52. The molecule has 0 saturated heterocycles.